The highest BCUT2D eigenvalue weighted by molar-refractivity contribution is 7.98. The third kappa shape index (κ3) is 8.81. The van der Waals surface area contributed by atoms with Crippen molar-refractivity contribution in [3.63, 3.8) is 0 Å². The van der Waals surface area contributed by atoms with Crippen LogP contribution in [0.5, 0.6) is 0 Å². The van der Waals surface area contributed by atoms with Crippen molar-refractivity contribution in [2.24, 2.45) is 0 Å². The Morgan fingerprint density at radius 2 is 1.83 bits per heavy atom. The maximum atomic E-state index is 11.9. The Labute approximate surface area is 117 Å². The Morgan fingerprint density at radius 1 is 1.17 bits per heavy atom. The van der Waals surface area contributed by atoms with Gasteiger partial charge in [-0.1, -0.05) is 20.3 Å². The lowest BCUT2D eigenvalue weighted by atomic mass is 10.1. The third-order valence-electron chi connectivity index (χ3n) is 3.20. The Hall–Kier alpha value is -0.220. The van der Waals surface area contributed by atoms with Crippen molar-refractivity contribution in [1.82, 2.24) is 10.6 Å². The summed E-state index contributed by atoms with van der Waals surface area (Å²) < 4.78 is 0. The zero-order chi connectivity index (χ0) is 13.8. The molecular weight excluding hydrogens is 244 g/mol. The van der Waals surface area contributed by atoms with E-state index in [0.717, 1.165) is 25.8 Å². The molecule has 0 saturated heterocycles. The van der Waals surface area contributed by atoms with E-state index in [4.69, 9.17) is 0 Å². The smallest absolute Gasteiger partial charge is 0.237 e. The van der Waals surface area contributed by atoms with Crippen molar-refractivity contribution >= 4 is 17.7 Å². The Kier molecular flexibility index (Phi) is 11.7. The monoisotopic (exact) mass is 274 g/mol. The first kappa shape index (κ1) is 17.8. The fraction of sp³-hybridized carbons (Fsp3) is 0.929. The lowest BCUT2D eigenvalue weighted by Crippen LogP contribution is -2.46. The van der Waals surface area contributed by atoms with E-state index in [2.05, 4.69) is 30.7 Å². The van der Waals surface area contributed by atoms with E-state index in [1.54, 1.807) is 0 Å². The van der Waals surface area contributed by atoms with Crippen molar-refractivity contribution in [2.45, 2.75) is 65.0 Å². The number of hydrogen-bond donors (Lipinski definition) is 2. The summed E-state index contributed by atoms with van der Waals surface area (Å²) in [4.78, 5) is 11.9. The normalized spacial score (nSPS) is 12.7. The van der Waals surface area contributed by atoms with Gasteiger partial charge in [-0.05, 0) is 51.2 Å². The SMILES string of the molecule is CCC(CC)NC(=O)C(C)NCCCCCSC. The van der Waals surface area contributed by atoms with Crippen molar-refractivity contribution in [3.05, 3.63) is 0 Å². The molecule has 0 fully saturated rings. The maximum Gasteiger partial charge on any atom is 0.237 e. The van der Waals surface area contributed by atoms with Gasteiger partial charge >= 0.3 is 0 Å². The summed E-state index contributed by atoms with van der Waals surface area (Å²) >= 11 is 1.90. The molecule has 0 aliphatic heterocycles. The van der Waals surface area contributed by atoms with E-state index in [1.807, 2.05) is 18.7 Å². The Balaban J connectivity index is 3.61. The molecule has 1 atom stereocenters. The van der Waals surface area contributed by atoms with Gasteiger partial charge in [0.25, 0.3) is 0 Å². The van der Waals surface area contributed by atoms with Crippen LogP contribution in [0, 0.1) is 0 Å². The minimum atomic E-state index is -0.0776. The van der Waals surface area contributed by atoms with E-state index < -0.39 is 0 Å². The second-order valence-corrected chi connectivity index (χ2v) is 5.74. The second-order valence-electron chi connectivity index (χ2n) is 4.75. The van der Waals surface area contributed by atoms with Crippen LogP contribution in [0.1, 0.15) is 52.9 Å². The number of rotatable bonds is 11. The topological polar surface area (TPSA) is 41.1 Å². The van der Waals surface area contributed by atoms with Crippen LogP contribution in [0.3, 0.4) is 0 Å². The van der Waals surface area contributed by atoms with E-state index in [9.17, 15) is 4.79 Å². The van der Waals surface area contributed by atoms with Gasteiger partial charge in [-0.25, -0.2) is 0 Å². The van der Waals surface area contributed by atoms with E-state index >= 15 is 0 Å². The molecule has 0 spiro atoms. The molecule has 0 aliphatic carbocycles. The van der Waals surface area contributed by atoms with E-state index in [1.165, 1.54) is 18.6 Å². The van der Waals surface area contributed by atoms with E-state index in [0.29, 0.717) is 6.04 Å². The van der Waals surface area contributed by atoms with Crippen LogP contribution >= 0.6 is 11.8 Å². The van der Waals surface area contributed by atoms with Crippen LogP contribution in [0.25, 0.3) is 0 Å². The highest BCUT2D eigenvalue weighted by atomic mass is 32.2. The van der Waals surface area contributed by atoms with Crippen LogP contribution in [0.2, 0.25) is 0 Å². The molecule has 0 aromatic rings. The number of unbranched alkanes of at least 4 members (excludes halogenated alkanes) is 2. The molecule has 108 valence electrons. The quantitative estimate of drug-likeness (QED) is 0.569. The predicted molar refractivity (Wildman–Crippen MR) is 82.2 cm³/mol. The number of nitrogens with one attached hydrogen (secondary N) is 2. The first-order chi connectivity index (χ1) is 8.65. The Bertz CT molecular complexity index is 208. The molecule has 0 aliphatic rings. The summed E-state index contributed by atoms with van der Waals surface area (Å²) in [5.41, 5.74) is 0. The van der Waals surface area contributed by atoms with Crippen LogP contribution < -0.4 is 10.6 Å². The average molecular weight is 274 g/mol. The molecule has 0 radical (unpaired) electrons. The van der Waals surface area contributed by atoms with Gasteiger partial charge in [0.05, 0.1) is 6.04 Å². The molecule has 0 heterocycles. The van der Waals surface area contributed by atoms with Crippen molar-refractivity contribution in [2.75, 3.05) is 18.6 Å². The zero-order valence-electron chi connectivity index (χ0n) is 12.4. The Morgan fingerprint density at radius 3 is 2.39 bits per heavy atom. The molecule has 0 bridgehead atoms. The summed E-state index contributed by atoms with van der Waals surface area (Å²) in [6.45, 7) is 7.10. The molecule has 0 saturated carbocycles. The van der Waals surface area contributed by atoms with Gasteiger partial charge in [0, 0.05) is 6.04 Å². The van der Waals surface area contributed by atoms with Gasteiger partial charge < -0.3 is 10.6 Å². The highest BCUT2D eigenvalue weighted by Crippen LogP contribution is 2.02. The maximum absolute atomic E-state index is 11.9. The number of hydrogen-bond acceptors (Lipinski definition) is 3. The molecule has 2 N–H and O–H groups in total. The highest BCUT2D eigenvalue weighted by Gasteiger charge is 2.14. The summed E-state index contributed by atoms with van der Waals surface area (Å²) in [5.74, 6) is 1.37. The van der Waals surface area contributed by atoms with Crippen molar-refractivity contribution in [3.8, 4) is 0 Å². The average Bonchev–Trinajstić information content (AvgIpc) is 2.39. The lowest BCUT2D eigenvalue weighted by molar-refractivity contribution is -0.123. The van der Waals surface area contributed by atoms with Crippen LogP contribution in [0.4, 0.5) is 0 Å². The molecular formula is C14H30N2OS. The van der Waals surface area contributed by atoms with Crippen LogP contribution in [-0.2, 0) is 4.79 Å². The fourth-order valence-electron chi connectivity index (χ4n) is 1.78. The molecule has 0 aromatic heterocycles. The largest absolute Gasteiger partial charge is 0.352 e. The van der Waals surface area contributed by atoms with Crippen LogP contribution in [0.15, 0.2) is 0 Å². The summed E-state index contributed by atoms with van der Waals surface area (Å²) in [5, 5.41) is 6.37. The molecule has 3 nitrogen and oxygen atoms in total. The summed E-state index contributed by atoms with van der Waals surface area (Å²) in [7, 11) is 0. The number of carbonyl (C=O) groups excluding carboxylic acids is 1. The molecule has 1 amide bonds. The van der Waals surface area contributed by atoms with Crippen LogP contribution in [-0.4, -0.2) is 36.5 Å². The molecule has 0 aromatic carbocycles. The molecule has 1 unspecified atom stereocenters. The number of carbonyl (C=O) groups is 1. The predicted octanol–water partition coefficient (Wildman–Crippen LogP) is 2.80. The number of amides is 1. The third-order valence-corrected chi connectivity index (χ3v) is 3.90. The number of thioether (sulfide) groups is 1. The van der Waals surface area contributed by atoms with Gasteiger partial charge in [-0.2, -0.15) is 11.8 Å². The van der Waals surface area contributed by atoms with Gasteiger partial charge in [0.2, 0.25) is 5.91 Å². The minimum absolute atomic E-state index is 0.0776. The first-order valence-corrected chi connectivity index (χ1v) is 8.57. The fourth-order valence-corrected chi connectivity index (χ4v) is 2.27. The van der Waals surface area contributed by atoms with Gasteiger partial charge in [-0.15, -0.1) is 0 Å². The standard InChI is InChI=1S/C14H30N2OS/c1-5-13(6-2)16-14(17)12(3)15-10-8-7-9-11-18-4/h12-13,15H,5-11H2,1-4H3,(H,16,17). The lowest BCUT2D eigenvalue weighted by Gasteiger charge is -2.19. The van der Waals surface area contributed by atoms with Crippen molar-refractivity contribution in [1.29, 1.82) is 0 Å². The molecule has 4 heteroatoms. The van der Waals surface area contributed by atoms with Gasteiger partial charge in [-0.3, -0.25) is 4.79 Å². The summed E-state index contributed by atoms with van der Waals surface area (Å²) in [6, 6.07) is 0.245. The zero-order valence-corrected chi connectivity index (χ0v) is 13.2. The second kappa shape index (κ2) is 11.8. The van der Waals surface area contributed by atoms with Crippen molar-refractivity contribution < 1.29 is 4.79 Å². The molecule has 0 rings (SSSR count). The molecule has 18 heavy (non-hydrogen) atoms. The first-order valence-electron chi connectivity index (χ1n) is 7.18. The van der Waals surface area contributed by atoms with Gasteiger partial charge in [0.15, 0.2) is 0 Å². The van der Waals surface area contributed by atoms with E-state index in [-0.39, 0.29) is 11.9 Å². The summed E-state index contributed by atoms with van der Waals surface area (Å²) in [6.07, 6.45) is 7.82. The minimum Gasteiger partial charge on any atom is -0.352 e. The van der Waals surface area contributed by atoms with Gasteiger partial charge in [0.1, 0.15) is 0 Å².